The Hall–Kier alpha value is -1.13. The smallest absolute Gasteiger partial charge is 0.150 e. The first-order valence-electron chi connectivity index (χ1n) is 6.24. The molecule has 0 aromatic heterocycles. The van der Waals surface area contributed by atoms with Crippen LogP contribution >= 0.6 is 27.5 Å². The van der Waals surface area contributed by atoms with E-state index in [4.69, 9.17) is 11.6 Å². The van der Waals surface area contributed by atoms with Crippen molar-refractivity contribution in [1.82, 2.24) is 0 Å². The zero-order valence-corrected chi connectivity index (χ0v) is 12.7. The molecule has 1 unspecified atom stereocenters. The zero-order valence-electron chi connectivity index (χ0n) is 10.4. The molecule has 1 aliphatic carbocycles. The lowest BCUT2D eigenvalue weighted by atomic mass is 10.1. The monoisotopic (exact) mass is 357 g/mol. The number of benzene rings is 2. The molecule has 0 fully saturated rings. The van der Waals surface area contributed by atoms with Gasteiger partial charge in [0.15, 0.2) is 5.82 Å². The Balaban J connectivity index is 1.94. The molecule has 20 heavy (non-hydrogen) atoms. The van der Waals surface area contributed by atoms with Crippen molar-refractivity contribution in [3.05, 3.63) is 62.6 Å². The van der Waals surface area contributed by atoms with Gasteiger partial charge in [0.1, 0.15) is 5.82 Å². The van der Waals surface area contributed by atoms with Gasteiger partial charge < -0.3 is 5.32 Å². The molecule has 5 heteroatoms. The third-order valence-corrected chi connectivity index (χ3v) is 4.58. The number of anilines is 1. The van der Waals surface area contributed by atoms with E-state index in [1.165, 1.54) is 5.56 Å². The van der Waals surface area contributed by atoms with Crippen LogP contribution in [0.2, 0.25) is 5.02 Å². The number of hydrogen-bond acceptors (Lipinski definition) is 1. The van der Waals surface area contributed by atoms with Crippen LogP contribution < -0.4 is 5.32 Å². The van der Waals surface area contributed by atoms with Gasteiger partial charge in [-0.15, -0.1) is 0 Å². The van der Waals surface area contributed by atoms with Gasteiger partial charge in [-0.25, -0.2) is 8.78 Å². The third kappa shape index (κ3) is 2.42. The number of rotatable bonds is 2. The first-order valence-corrected chi connectivity index (χ1v) is 7.41. The molecule has 1 atom stereocenters. The highest BCUT2D eigenvalue weighted by atomic mass is 79.9. The summed E-state index contributed by atoms with van der Waals surface area (Å²) in [5, 5.41) is 3.15. The van der Waals surface area contributed by atoms with E-state index in [0.717, 1.165) is 35.0 Å². The van der Waals surface area contributed by atoms with Gasteiger partial charge in [-0.05, 0) is 36.1 Å². The zero-order chi connectivity index (χ0) is 14.3. The Morgan fingerprint density at radius 2 is 2.05 bits per heavy atom. The van der Waals surface area contributed by atoms with E-state index < -0.39 is 11.6 Å². The minimum Gasteiger partial charge on any atom is -0.375 e. The summed E-state index contributed by atoms with van der Waals surface area (Å²) in [6, 6.07) is 7.90. The minimum atomic E-state index is -0.674. The Kier molecular flexibility index (Phi) is 3.69. The van der Waals surface area contributed by atoms with Gasteiger partial charge in [0.05, 0.1) is 16.8 Å². The fraction of sp³-hybridized carbons (Fsp3) is 0.200. The molecule has 2 aromatic carbocycles. The molecular weight excluding hydrogens is 348 g/mol. The van der Waals surface area contributed by atoms with Crippen molar-refractivity contribution in [2.75, 3.05) is 5.32 Å². The Morgan fingerprint density at radius 1 is 1.25 bits per heavy atom. The van der Waals surface area contributed by atoms with Crippen LogP contribution in [0.1, 0.15) is 23.6 Å². The highest BCUT2D eigenvalue weighted by Crippen LogP contribution is 2.39. The van der Waals surface area contributed by atoms with Gasteiger partial charge in [-0.2, -0.15) is 0 Å². The minimum absolute atomic E-state index is 0.0139. The second kappa shape index (κ2) is 5.34. The van der Waals surface area contributed by atoms with E-state index in [9.17, 15) is 8.78 Å². The van der Waals surface area contributed by atoms with E-state index in [-0.39, 0.29) is 16.8 Å². The van der Waals surface area contributed by atoms with Crippen LogP contribution in [-0.4, -0.2) is 0 Å². The van der Waals surface area contributed by atoms with Crippen LogP contribution in [0.5, 0.6) is 0 Å². The highest BCUT2D eigenvalue weighted by Gasteiger charge is 2.25. The fourth-order valence-corrected chi connectivity index (χ4v) is 3.44. The summed E-state index contributed by atoms with van der Waals surface area (Å²) in [4.78, 5) is 0. The van der Waals surface area contributed by atoms with Crippen molar-refractivity contribution >= 4 is 33.2 Å². The summed E-state index contributed by atoms with van der Waals surface area (Å²) in [6.45, 7) is 0. The second-order valence-corrected chi connectivity index (χ2v) is 6.05. The van der Waals surface area contributed by atoms with Crippen molar-refractivity contribution in [3.63, 3.8) is 0 Å². The van der Waals surface area contributed by atoms with Crippen LogP contribution in [0, 0.1) is 11.6 Å². The average molecular weight is 359 g/mol. The molecule has 1 aliphatic rings. The predicted molar refractivity (Wildman–Crippen MR) is 80.2 cm³/mol. The number of nitrogens with one attached hydrogen (secondary N) is 1. The summed E-state index contributed by atoms with van der Waals surface area (Å²) in [6.07, 6.45) is 1.76. The molecule has 1 nitrogen and oxygen atoms in total. The summed E-state index contributed by atoms with van der Waals surface area (Å²) in [5.74, 6) is -1.34. The lowest BCUT2D eigenvalue weighted by molar-refractivity contribution is 0.583. The van der Waals surface area contributed by atoms with E-state index in [0.29, 0.717) is 0 Å². The van der Waals surface area contributed by atoms with Crippen LogP contribution in [0.3, 0.4) is 0 Å². The van der Waals surface area contributed by atoms with Crippen LogP contribution in [0.4, 0.5) is 14.5 Å². The number of hydrogen-bond donors (Lipinski definition) is 1. The predicted octanol–water partition coefficient (Wildman–Crippen LogP) is 5.48. The standard InChI is InChI=1S/C15H11BrClF2N/c16-11-3-1-2-10-9(11)4-5-14(10)20-15-12(17)6-8(18)7-13(15)19/h1-3,6-7,14,20H,4-5H2. The third-order valence-electron chi connectivity index (χ3n) is 3.54. The van der Waals surface area contributed by atoms with Crippen molar-refractivity contribution in [2.45, 2.75) is 18.9 Å². The fourth-order valence-electron chi connectivity index (χ4n) is 2.61. The van der Waals surface area contributed by atoms with E-state index in [1.807, 2.05) is 18.2 Å². The summed E-state index contributed by atoms with van der Waals surface area (Å²) < 4.78 is 27.9. The second-order valence-electron chi connectivity index (χ2n) is 4.79. The molecule has 0 spiro atoms. The summed E-state index contributed by atoms with van der Waals surface area (Å²) in [7, 11) is 0. The molecule has 0 saturated carbocycles. The van der Waals surface area contributed by atoms with Gasteiger partial charge in [0.2, 0.25) is 0 Å². The average Bonchev–Trinajstić information content (AvgIpc) is 2.78. The van der Waals surface area contributed by atoms with Gasteiger partial charge in [0, 0.05) is 10.5 Å². The SMILES string of the molecule is Fc1cc(F)c(NC2CCc3c(Br)cccc32)c(Cl)c1. The van der Waals surface area contributed by atoms with Crippen molar-refractivity contribution in [1.29, 1.82) is 0 Å². The maximum absolute atomic E-state index is 13.8. The molecule has 0 radical (unpaired) electrons. The normalized spacial score (nSPS) is 17.1. The topological polar surface area (TPSA) is 12.0 Å². The number of halogens is 4. The molecule has 0 heterocycles. The van der Waals surface area contributed by atoms with Crippen molar-refractivity contribution < 1.29 is 8.78 Å². The molecule has 0 saturated heterocycles. The van der Waals surface area contributed by atoms with Gasteiger partial charge in [-0.3, -0.25) is 0 Å². The van der Waals surface area contributed by atoms with Crippen molar-refractivity contribution in [2.24, 2.45) is 0 Å². The lowest BCUT2D eigenvalue weighted by Crippen LogP contribution is -2.09. The summed E-state index contributed by atoms with van der Waals surface area (Å²) in [5.41, 5.74) is 2.51. The molecule has 0 amide bonds. The molecule has 2 aromatic rings. The van der Waals surface area contributed by atoms with E-state index >= 15 is 0 Å². The number of fused-ring (bicyclic) bond motifs is 1. The van der Waals surface area contributed by atoms with Crippen LogP contribution in [0.25, 0.3) is 0 Å². The van der Waals surface area contributed by atoms with Gasteiger partial charge in [-0.1, -0.05) is 39.7 Å². The Bertz CT molecular complexity index is 652. The van der Waals surface area contributed by atoms with Gasteiger partial charge in [0.25, 0.3) is 0 Å². The van der Waals surface area contributed by atoms with Crippen LogP contribution in [-0.2, 0) is 6.42 Å². The first-order chi connectivity index (χ1) is 9.56. The largest absolute Gasteiger partial charge is 0.375 e. The van der Waals surface area contributed by atoms with Crippen LogP contribution in [0.15, 0.2) is 34.8 Å². The molecule has 104 valence electrons. The summed E-state index contributed by atoms with van der Waals surface area (Å²) >= 11 is 9.44. The Morgan fingerprint density at radius 3 is 2.80 bits per heavy atom. The maximum atomic E-state index is 13.8. The molecule has 0 aliphatic heterocycles. The molecule has 3 rings (SSSR count). The highest BCUT2D eigenvalue weighted by molar-refractivity contribution is 9.10. The first kappa shape index (κ1) is 13.8. The maximum Gasteiger partial charge on any atom is 0.150 e. The Labute approximate surface area is 129 Å². The quantitative estimate of drug-likeness (QED) is 0.749. The van der Waals surface area contributed by atoms with Gasteiger partial charge >= 0.3 is 0 Å². The molecule has 0 bridgehead atoms. The van der Waals surface area contributed by atoms with E-state index in [2.05, 4.69) is 21.2 Å². The molecule has 1 N–H and O–H groups in total. The molecular formula is C15H11BrClF2N. The lowest BCUT2D eigenvalue weighted by Gasteiger charge is -2.17. The van der Waals surface area contributed by atoms with Crippen molar-refractivity contribution in [3.8, 4) is 0 Å². The van der Waals surface area contributed by atoms with E-state index in [1.54, 1.807) is 0 Å².